The molecule has 3 fully saturated rings. The fourth-order valence-electron chi connectivity index (χ4n) is 4.35. The third kappa shape index (κ3) is 5.04. The number of carbonyl (C=O) groups excluding carboxylic acids is 1. The van der Waals surface area contributed by atoms with Gasteiger partial charge in [-0.25, -0.2) is 13.2 Å². The van der Waals surface area contributed by atoms with E-state index >= 15 is 0 Å². The Labute approximate surface area is 197 Å². The van der Waals surface area contributed by atoms with Crippen molar-refractivity contribution in [3.63, 3.8) is 0 Å². The third-order valence-electron chi connectivity index (χ3n) is 6.12. The third-order valence-corrected chi connectivity index (χ3v) is 8.29. The minimum atomic E-state index is -4.12. The molecule has 0 radical (unpaired) electrons. The molecular formula is C21H28ClN3O7S. The molecule has 3 N–H and O–H groups in total. The van der Waals surface area contributed by atoms with Crippen LogP contribution in [0.25, 0.3) is 0 Å². The van der Waals surface area contributed by atoms with Crippen molar-refractivity contribution in [2.75, 3.05) is 39.5 Å². The van der Waals surface area contributed by atoms with Crippen LogP contribution in [0.5, 0.6) is 0 Å². The SMILES string of the molecule is C=C1CN(CCO)CC(C(=O)OC2([C@H]3COC[C@@H](O)N3S(=O)(=O)c3ccc(Cl)cc3)CC2)N1. The van der Waals surface area contributed by atoms with E-state index < -0.39 is 39.9 Å². The zero-order valence-electron chi connectivity index (χ0n) is 18.0. The van der Waals surface area contributed by atoms with Gasteiger partial charge in [0.15, 0.2) is 0 Å². The molecule has 1 aromatic carbocycles. The zero-order valence-corrected chi connectivity index (χ0v) is 19.6. The van der Waals surface area contributed by atoms with Crippen molar-refractivity contribution < 1.29 is 32.9 Å². The molecule has 1 saturated carbocycles. The Morgan fingerprint density at radius 2 is 2.00 bits per heavy atom. The number of morpholine rings is 1. The molecule has 1 aromatic rings. The highest BCUT2D eigenvalue weighted by Gasteiger charge is 2.60. The number of nitrogens with zero attached hydrogens (tertiary/aromatic N) is 2. The molecule has 1 unspecified atom stereocenters. The lowest BCUT2D eigenvalue weighted by Gasteiger charge is -2.42. The molecule has 0 amide bonds. The topological polar surface area (TPSA) is 129 Å². The Balaban J connectivity index is 1.55. The maximum Gasteiger partial charge on any atom is 0.330 e. The van der Waals surface area contributed by atoms with Gasteiger partial charge in [-0.2, -0.15) is 4.31 Å². The normalized spacial score (nSPS) is 28.2. The summed E-state index contributed by atoms with van der Waals surface area (Å²) in [5, 5.41) is 23.2. The monoisotopic (exact) mass is 501 g/mol. The van der Waals surface area contributed by atoms with Crippen LogP contribution in [0, 0.1) is 0 Å². The number of β-amino-alcohol motifs (C(OH)–C–C–N with tert-alkyl or cyclic N) is 1. The molecule has 4 rings (SSSR count). The van der Waals surface area contributed by atoms with Crippen molar-refractivity contribution in [2.45, 2.75) is 41.6 Å². The van der Waals surface area contributed by atoms with Gasteiger partial charge < -0.3 is 25.0 Å². The van der Waals surface area contributed by atoms with Crippen LogP contribution in [0.1, 0.15) is 12.8 Å². The van der Waals surface area contributed by atoms with E-state index in [1.54, 1.807) is 0 Å². The van der Waals surface area contributed by atoms with E-state index in [2.05, 4.69) is 11.9 Å². The summed E-state index contributed by atoms with van der Waals surface area (Å²) in [7, 11) is -4.12. The first-order valence-corrected chi connectivity index (χ1v) is 12.5. The van der Waals surface area contributed by atoms with Gasteiger partial charge in [-0.15, -0.1) is 0 Å². The Bertz CT molecular complexity index is 1000. The number of piperazine rings is 1. The molecule has 0 spiro atoms. The summed E-state index contributed by atoms with van der Waals surface area (Å²) >= 11 is 5.89. The maximum atomic E-state index is 13.4. The molecule has 2 heterocycles. The van der Waals surface area contributed by atoms with Crippen LogP contribution in [0.15, 0.2) is 41.4 Å². The number of sulfonamides is 1. The quantitative estimate of drug-likeness (QED) is 0.439. The molecular weight excluding hydrogens is 474 g/mol. The van der Waals surface area contributed by atoms with Crippen LogP contribution < -0.4 is 5.32 Å². The summed E-state index contributed by atoms with van der Waals surface area (Å²) in [6, 6.07) is 4.08. The summed E-state index contributed by atoms with van der Waals surface area (Å²) < 4.78 is 39.2. The molecule has 3 atom stereocenters. The lowest BCUT2D eigenvalue weighted by Crippen LogP contribution is -2.61. The Morgan fingerprint density at radius 1 is 1.30 bits per heavy atom. The first kappa shape index (κ1) is 24.4. The summed E-state index contributed by atoms with van der Waals surface area (Å²) in [5.74, 6) is -0.541. The molecule has 0 bridgehead atoms. The van der Waals surface area contributed by atoms with Gasteiger partial charge >= 0.3 is 5.97 Å². The Morgan fingerprint density at radius 3 is 2.64 bits per heavy atom. The molecule has 2 aliphatic heterocycles. The fourth-order valence-corrected chi connectivity index (χ4v) is 6.17. The van der Waals surface area contributed by atoms with Crippen LogP contribution >= 0.6 is 11.6 Å². The molecule has 12 heteroatoms. The molecule has 0 aromatic heterocycles. The second kappa shape index (κ2) is 9.49. The second-order valence-corrected chi connectivity index (χ2v) is 10.8. The van der Waals surface area contributed by atoms with Gasteiger partial charge in [0.25, 0.3) is 0 Å². The van der Waals surface area contributed by atoms with Gasteiger partial charge in [0.1, 0.15) is 17.9 Å². The largest absolute Gasteiger partial charge is 0.456 e. The zero-order chi connectivity index (χ0) is 23.8. The number of rotatable bonds is 7. The van der Waals surface area contributed by atoms with E-state index in [-0.39, 0.29) is 24.7 Å². The summed E-state index contributed by atoms with van der Waals surface area (Å²) in [4.78, 5) is 14.9. The van der Waals surface area contributed by atoms with Crippen LogP contribution in [0.4, 0.5) is 0 Å². The van der Waals surface area contributed by atoms with Gasteiger partial charge in [-0.05, 0) is 37.1 Å². The first-order chi connectivity index (χ1) is 15.7. The summed E-state index contributed by atoms with van der Waals surface area (Å²) in [5.41, 5.74) is -0.467. The van der Waals surface area contributed by atoms with Crippen molar-refractivity contribution in [1.82, 2.24) is 14.5 Å². The van der Waals surface area contributed by atoms with E-state index in [4.69, 9.17) is 21.1 Å². The lowest BCUT2D eigenvalue weighted by atomic mass is 10.1. The number of aliphatic hydroxyl groups is 2. The predicted molar refractivity (Wildman–Crippen MR) is 119 cm³/mol. The van der Waals surface area contributed by atoms with Crippen LogP contribution in [0.3, 0.4) is 0 Å². The highest BCUT2D eigenvalue weighted by atomic mass is 35.5. The number of hydrogen-bond donors (Lipinski definition) is 3. The number of ether oxygens (including phenoxy) is 2. The van der Waals surface area contributed by atoms with Gasteiger partial charge in [-0.1, -0.05) is 18.2 Å². The smallest absolute Gasteiger partial charge is 0.330 e. The number of aliphatic hydroxyl groups excluding tert-OH is 2. The second-order valence-electron chi connectivity index (χ2n) is 8.57. The number of benzene rings is 1. The molecule has 33 heavy (non-hydrogen) atoms. The highest BCUT2D eigenvalue weighted by Crippen LogP contribution is 2.47. The molecule has 182 valence electrons. The number of nitrogens with one attached hydrogen (secondary N) is 1. The minimum Gasteiger partial charge on any atom is -0.456 e. The first-order valence-electron chi connectivity index (χ1n) is 10.7. The lowest BCUT2D eigenvalue weighted by molar-refractivity contribution is -0.171. The Hall–Kier alpha value is -1.73. The summed E-state index contributed by atoms with van der Waals surface area (Å²) in [6.07, 6.45) is -0.534. The van der Waals surface area contributed by atoms with Gasteiger partial charge in [0.2, 0.25) is 10.0 Å². The average Bonchev–Trinajstić information content (AvgIpc) is 3.54. The number of carbonyl (C=O) groups is 1. The average molecular weight is 502 g/mol. The van der Waals surface area contributed by atoms with Crippen LogP contribution in [-0.4, -0.2) is 97.2 Å². The number of hydrogen-bond acceptors (Lipinski definition) is 9. The number of esters is 1. The fraction of sp³-hybridized carbons (Fsp3) is 0.571. The van der Waals surface area contributed by atoms with Crippen LogP contribution in [-0.2, 0) is 24.3 Å². The number of halogens is 1. The van der Waals surface area contributed by atoms with E-state index in [1.807, 2.05) is 4.90 Å². The highest BCUT2D eigenvalue weighted by molar-refractivity contribution is 7.89. The van der Waals surface area contributed by atoms with Gasteiger partial charge in [0, 0.05) is 30.4 Å². The van der Waals surface area contributed by atoms with Crippen molar-refractivity contribution >= 4 is 27.6 Å². The van der Waals surface area contributed by atoms with E-state index in [0.29, 0.717) is 43.2 Å². The standard InChI is InChI=1S/C21H28ClN3O7S/c1-14-10-24(8-9-26)11-17(23-14)20(28)32-21(6-7-21)18-12-31-13-19(27)25(18)33(29,30)16-4-2-15(22)3-5-16/h2-5,17-19,23,26-27H,1,6-13H2/t17?,18-,19-/m1/s1. The summed E-state index contributed by atoms with van der Waals surface area (Å²) in [6.45, 7) is 4.86. The van der Waals surface area contributed by atoms with Crippen molar-refractivity contribution in [3.05, 3.63) is 41.6 Å². The van der Waals surface area contributed by atoms with Gasteiger partial charge in [0.05, 0.1) is 30.8 Å². The van der Waals surface area contributed by atoms with Gasteiger partial charge in [-0.3, -0.25) is 4.90 Å². The van der Waals surface area contributed by atoms with E-state index in [1.165, 1.54) is 24.3 Å². The minimum absolute atomic E-state index is 0.0153. The Kier molecular flexibility index (Phi) is 7.02. The molecule has 10 nitrogen and oxygen atoms in total. The van der Waals surface area contributed by atoms with E-state index in [9.17, 15) is 23.4 Å². The molecule has 3 aliphatic rings. The molecule has 1 aliphatic carbocycles. The van der Waals surface area contributed by atoms with Crippen molar-refractivity contribution in [1.29, 1.82) is 0 Å². The molecule has 2 saturated heterocycles. The van der Waals surface area contributed by atoms with Crippen LogP contribution in [0.2, 0.25) is 5.02 Å². The van der Waals surface area contributed by atoms with E-state index in [0.717, 1.165) is 4.31 Å². The van der Waals surface area contributed by atoms with Crippen molar-refractivity contribution in [3.8, 4) is 0 Å². The maximum absolute atomic E-state index is 13.4. The van der Waals surface area contributed by atoms with Crippen molar-refractivity contribution in [2.24, 2.45) is 0 Å². The predicted octanol–water partition coefficient (Wildman–Crippen LogP) is -0.0965.